The van der Waals surface area contributed by atoms with Crippen LogP contribution in [0.5, 0.6) is 0 Å². The minimum atomic E-state index is 0.928. The second kappa shape index (κ2) is 6.05. The highest BCUT2D eigenvalue weighted by molar-refractivity contribution is 5.25. The van der Waals surface area contributed by atoms with Crippen molar-refractivity contribution in [2.45, 2.75) is 45.6 Å². The van der Waals surface area contributed by atoms with Crippen molar-refractivity contribution in [2.75, 3.05) is 6.54 Å². The monoisotopic (exact) mass is 217 g/mol. The molecule has 1 N–H and O–H groups in total. The summed E-state index contributed by atoms with van der Waals surface area (Å²) in [5.41, 5.74) is 2.84. The molecule has 1 heteroatoms. The summed E-state index contributed by atoms with van der Waals surface area (Å²) in [5, 5.41) is 3.61. The van der Waals surface area contributed by atoms with Gasteiger partial charge in [0.25, 0.3) is 0 Å². The molecule has 0 atom stereocenters. The molecule has 0 spiro atoms. The zero-order valence-electron chi connectivity index (χ0n) is 10.3. The Balaban J connectivity index is 1.73. The lowest BCUT2D eigenvalue weighted by Gasteiger charge is -2.22. The SMILES string of the molecule is Cc1ccccc1CNCC1CCCCC1. The molecule has 16 heavy (non-hydrogen) atoms. The first-order chi connectivity index (χ1) is 7.86. The molecule has 1 aliphatic carbocycles. The summed E-state index contributed by atoms with van der Waals surface area (Å²) < 4.78 is 0. The van der Waals surface area contributed by atoms with Gasteiger partial charge in [-0.15, -0.1) is 0 Å². The molecule has 0 radical (unpaired) electrons. The van der Waals surface area contributed by atoms with E-state index in [9.17, 15) is 0 Å². The van der Waals surface area contributed by atoms with E-state index in [1.165, 1.54) is 49.8 Å². The number of nitrogens with one attached hydrogen (secondary N) is 1. The predicted molar refractivity (Wildman–Crippen MR) is 69.5 cm³/mol. The zero-order chi connectivity index (χ0) is 11.2. The van der Waals surface area contributed by atoms with Gasteiger partial charge in [0.1, 0.15) is 0 Å². The van der Waals surface area contributed by atoms with Gasteiger partial charge in [-0.1, -0.05) is 43.5 Å². The first-order valence-corrected chi connectivity index (χ1v) is 6.61. The highest BCUT2D eigenvalue weighted by Crippen LogP contribution is 2.22. The van der Waals surface area contributed by atoms with Crippen molar-refractivity contribution < 1.29 is 0 Å². The van der Waals surface area contributed by atoms with Gasteiger partial charge in [0, 0.05) is 6.54 Å². The topological polar surface area (TPSA) is 12.0 Å². The molecule has 0 heterocycles. The van der Waals surface area contributed by atoms with Crippen molar-refractivity contribution in [3.8, 4) is 0 Å². The quantitative estimate of drug-likeness (QED) is 0.811. The highest BCUT2D eigenvalue weighted by Gasteiger charge is 2.12. The molecule has 0 saturated heterocycles. The molecular weight excluding hydrogens is 194 g/mol. The van der Waals surface area contributed by atoms with Crippen molar-refractivity contribution >= 4 is 0 Å². The predicted octanol–water partition coefficient (Wildman–Crippen LogP) is 3.66. The molecule has 0 amide bonds. The minimum absolute atomic E-state index is 0.928. The Morgan fingerprint density at radius 1 is 1.12 bits per heavy atom. The van der Waals surface area contributed by atoms with Crippen molar-refractivity contribution in [2.24, 2.45) is 5.92 Å². The van der Waals surface area contributed by atoms with Crippen LogP contribution in [0, 0.1) is 12.8 Å². The van der Waals surface area contributed by atoms with Gasteiger partial charge in [-0.05, 0) is 43.4 Å². The third kappa shape index (κ3) is 3.34. The maximum atomic E-state index is 3.61. The number of aryl methyl sites for hydroxylation is 1. The number of hydrogen-bond donors (Lipinski definition) is 1. The van der Waals surface area contributed by atoms with Crippen molar-refractivity contribution in [3.05, 3.63) is 35.4 Å². The van der Waals surface area contributed by atoms with Gasteiger partial charge in [0.2, 0.25) is 0 Å². The van der Waals surface area contributed by atoms with Gasteiger partial charge in [-0.2, -0.15) is 0 Å². The normalized spacial score (nSPS) is 17.6. The third-order valence-corrected chi connectivity index (χ3v) is 3.73. The molecule has 1 saturated carbocycles. The fourth-order valence-corrected chi connectivity index (χ4v) is 2.61. The summed E-state index contributed by atoms with van der Waals surface area (Å²) in [7, 11) is 0. The summed E-state index contributed by atoms with van der Waals surface area (Å²) in [6.07, 6.45) is 7.20. The number of rotatable bonds is 4. The maximum Gasteiger partial charge on any atom is 0.0208 e. The molecule has 0 bridgehead atoms. The van der Waals surface area contributed by atoms with Crippen LogP contribution < -0.4 is 5.32 Å². The van der Waals surface area contributed by atoms with Gasteiger partial charge in [0.15, 0.2) is 0 Å². The first-order valence-electron chi connectivity index (χ1n) is 6.61. The smallest absolute Gasteiger partial charge is 0.0208 e. The fraction of sp³-hybridized carbons (Fsp3) is 0.600. The summed E-state index contributed by atoms with van der Waals surface area (Å²) in [6.45, 7) is 4.43. The first kappa shape index (κ1) is 11.7. The molecule has 0 aliphatic heterocycles. The van der Waals surface area contributed by atoms with Crippen molar-refractivity contribution in [3.63, 3.8) is 0 Å². The average Bonchev–Trinajstić information content (AvgIpc) is 2.33. The van der Waals surface area contributed by atoms with Gasteiger partial charge >= 0.3 is 0 Å². The number of benzene rings is 1. The van der Waals surface area contributed by atoms with Crippen LogP contribution in [0.3, 0.4) is 0 Å². The van der Waals surface area contributed by atoms with Crippen LogP contribution in [-0.4, -0.2) is 6.54 Å². The van der Waals surface area contributed by atoms with Gasteiger partial charge < -0.3 is 5.32 Å². The highest BCUT2D eigenvalue weighted by atomic mass is 14.9. The Kier molecular flexibility index (Phi) is 4.41. The molecule has 1 aromatic carbocycles. The van der Waals surface area contributed by atoms with E-state index in [0.717, 1.165) is 12.5 Å². The Hall–Kier alpha value is -0.820. The molecule has 1 aromatic rings. The Labute approximate surface area is 99.3 Å². The minimum Gasteiger partial charge on any atom is -0.312 e. The standard InChI is InChI=1S/C15H23N/c1-13-7-5-6-10-15(13)12-16-11-14-8-3-2-4-9-14/h5-7,10,14,16H,2-4,8-9,11-12H2,1H3. The summed E-state index contributed by atoms with van der Waals surface area (Å²) >= 11 is 0. The molecule has 2 rings (SSSR count). The van der Waals surface area contributed by atoms with E-state index in [2.05, 4.69) is 36.5 Å². The Morgan fingerprint density at radius 3 is 2.62 bits per heavy atom. The van der Waals surface area contributed by atoms with Crippen LogP contribution in [0.25, 0.3) is 0 Å². The van der Waals surface area contributed by atoms with Crippen LogP contribution in [-0.2, 0) is 6.54 Å². The van der Waals surface area contributed by atoms with Crippen LogP contribution in [0.1, 0.15) is 43.2 Å². The van der Waals surface area contributed by atoms with Gasteiger partial charge in [-0.3, -0.25) is 0 Å². The van der Waals surface area contributed by atoms with Crippen LogP contribution in [0.4, 0.5) is 0 Å². The maximum absolute atomic E-state index is 3.61. The number of hydrogen-bond acceptors (Lipinski definition) is 1. The van der Waals surface area contributed by atoms with Crippen LogP contribution >= 0.6 is 0 Å². The largest absolute Gasteiger partial charge is 0.312 e. The molecule has 88 valence electrons. The lowest BCUT2D eigenvalue weighted by atomic mass is 9.89. The van der Waals surface area contributed by atoms with E-state index in [1.54, 1.807) is 0 Å². The van der Waals surface area contributed by atoms with E-state index in [4.69, 9.17) is 0 Å². The van der Waals surface area contributed by atoms with Crippen molar-refractivity contribution in [1.82, 2.24) is 5.32 Å². The van der Waals surface area contributed by atoms with E-state index < -0.39 is 0 Å². The second-order valence-corrected chi connectivity index (χ2v) is 5.06. The van der Waals surface area contributed by atoms with E-state index in [0.29, 0.717) is 0 Å². The van der Waals surface area contributed by atoms with Crippen LogP contribution in [0.15, 0.2) is 24.3 Å². The molecule has 0 unspecified atom stereocenters. The van der Waals surface area contributed by atoms with E-state index >= 15 is 0 Å². The van der Waals surface area contributed by atoms with Crippen molar-refractivity contribution in [1.29, 1.82) is 0 Å². The molecular formula is C15H23N. The summed E-state index contributed by atoms with van der Waals surface area (Å²) in [5.74, 6) is 0.928. The average molecular weight is 217 g/mol. The van der Waals surface area contributed by atoms with Gasteiger partial charge in [-0.25, -0.2) is 0 Å². The van der Waals surface area contributed by atoms with E-state index in [1.807, 2.05) is 0 Å². The lowest BCUT2D eigenvalue weighted by molar-refractivity contribution is 0.342. The second-order valence-electron chi connectivity index (χ2n) is 5.06. The molecule has 1 fully saturated rings. The summed E-state index contributed by atoms with van der Waals surface area (Å²) in [6, 6.07) is 8.66. The van der Waals surface area contributed by atoms with Gasteiger partial charge in [0.05, 0.1) is 0 Å². The molecule has 1 aliphatic rings. The third-order valence-electron chi connectivity index (χ3n) is 3.73. The van der Waals surface area contributed by atoms with Crippen LogP contribution in [0.2, 0.25) is 0 Å². The Bertz CT molecular complexity index is 313. The summed E-state index contributed by atoms with van der Waals surface area (Å²) in [4.78, 5) is 0. The zero-order valence-corrected chi connectivity index (χ0v) is 10.3. The Morgan fingerprint density at radius 2 is 1.88 bits per heavy atom. The fourth-order valence-electron chi connectivity index (χ4n) is 2.61. The lowest BCUT2D eigenvalue weighted by Crippen LogP contribution is -2.24. The molecule has 0 aromatic heterocycles. The van der Waals surface area contributed by atoms with E-state index in [-0.39, 0.29) is 0 Å². The molecule has 1 nitrogen and oxygen atoms in total.